The molecule has 0 aromatic carbocycles. The van der Waals surface area contributed by atoms with Gasteiger partial charge in [0.15, 0.2) is 0 Å². The lowest BCUT2D eigenvalue weighted by atomic mass is 10.1. The molecule has 0 aromatic heterocycles. The predicted molar refractivity (Wildman–Crippen MR) is 77.8 cm³/mol. The minimum atomic E-state index is -0.827. The first kappa shape index (κ1) is 13.3. The van der Waals surface area contributed by atoms with E-state index < -0.39 is 8.80 Å². The molecule has 0 spiro atoms. The Hall–Kier alpha value is -0.123. The quantitative estimate of drug-likeness (QED) is 0.709. The van der Waals surface area contributed by atoms with E-state index in [-0.39, 0.29) is 0 Å². The van der Waals surface area contributed by atoms with Crippen LogP contribution < -0.4 is 0 Å². The van der Waals surface area contributed by atoms with Crippen molar-refractivity contribution < 1.29 is 0 Å². The molecule has 0 radical (unpaired) electrons. The first-order chi connectivity index (χ1) is 8.33. The highest BCUT2D eigenvalue weighted by atomic mass is 28.3. The molecule has 0 aliphatic carbocycles. The Morgan fingerprint density at radius 1 is 0.882 bits per heavy atom. The van der Waals surface area contributed by atoms with Gasteiger partial charge in [-0.1, -0.05) is 19.4 Å². The summed E-state index contributed by atoms with van der Waals surface area (Å²) < 4.78 is 0. The van der Waals surface area contributed by atoms with Crippen LogP contribution in [0.2, 0.25) is 6.55 Å². The topological polar surface area (TPSA) is 6.48 Å². The van der Waals surface area contributed by atoms with Gasteiger partial charge < -0.3 is 0 Å². The summed E-state index contributed by atoms with van der Waals surface area (Å²) >= 11 is 0. The van der Waals surface area contributed by atoms with Crippen LogP contribution in [0.5, 0.6) is 0 Å². The van der Waals surface area contributed by atoms with E-state index in [4.69, 9.17) is 0 Å². The maximum Gasteiger partial charge on any atom is 0.0948 e. The van der Waals surface area contributed by atoms with E-state index >= 15 is 0 Å². The van der Waals surface area contributed by atoms with Gasteiger partial charge in [-0.15, -0.1) is 12.3 Å². The lowest BCUT2D eigenvalue weighted by Gasteiger charge is -2.45. The van der Waals surface area contributed by atoms with Crippen LogP contribution in [-0.4, -0.2) is 50.6 Å². The van der Waals surface area contributed by atoms with Crippen LogP contribution in [0.3, 0.4) is 0 Å². The second-order valence-electron chi connectivity index (χ2n) is 5.70. The average molecular weight is 252 g/mol. The molecule has 3 heteroatoms. The highest BCUT2D eigenvalue weighted by Gasteiger charge is 2.30. The monoisotopic (exact) mass is 252 g/mol. The third-order valence-electron chi connectivity index (χ3n) is 4.37. The number of nitrogens with zero attached hydrogens (tertiary/aromatic N) is 2. The van der Waals surface area contributed by atoms with Crippen molar-refractivity contribution in [2.45, 2.75) is 50.9 Å². The SMILES string of the molecule is C=C[SiH](C)C(N1CCCCC1)N1CCCCC1. The first-order valence-corrected chi connectivity index (χ1v) is 9.92. The summed E-state index contributed by atoms with van der Waals surface area (Å²) in [4.78, 5) is 5.54. The summed E-state index contributed by atoms with van der Waals surface area (Å²) in [7, 11) is -0.827. The van der Waals surface area contributed by atoms with Crippen molar-refractivity contribution >= 4 is 8.80 Å². The van der Waals surface area contributed by atoms with Crippen molar-refractivity contribution in [3.05, 3.63) is 12.3 Å². The molecule has 0 N–H and O–H groups in total. The van der Waals surface area contributed by atoms with Gasteiger partial charge in [0.25, 0.3) is 0 Å². The van der Waals surface area contributed by atoms with Crippen molar-refractivity contribution in [1.29, 1.82) is 0 Å². The Morgan fingerprint density at radius 3 is 1.65 bits per heavy atom. The summed E-state index contributed by atoms with van der Waals surface area (Å²) in [6.45, 7) is 11.9. The van der Waals surface area contributed by atoms with Crippen LogP contribution in [0.25, 0.3) is 0 Å². The van der Waals surface area contributed by atoms with Gasteiger partial charge in [-0.05, 0) is 51.9 Å². The number of hydrogen-bond donors (Lipinski definition) is 0. The fraction of sp³-hybridized carbons (Fsp3) is 0.857. The Morgan fingerprint density at radius 2 is 1.29 bits per heavy atom. The van der Waals surface area contributed by atoms with E-state index in [0.717, 1.165) is 5.79 Å². The maximum atomic E-state index is 4.08. The summed E-state index contributed by atoms with van der Waals surface area (Å²) in [5, 5.41) is 0. The van der Waals surface area contributed by atoms with Gasteiger partial charge >= 0.3 is 0 Å². The van der Waals surface area contributed by atoms with Crippen LogP contribution in [0.4, 0.5) is 0 Å². The fourth-order valence-electron chi connectivity index (χ4n) is 3.38. The molecule has 98 valence electrons. The molecule has 0 amide bonds. The van der Waals surface area contributed by atoms with Gasteiger partial charge in [0.2, 0.25) is 0 Å². The van der Waals surface area contributed by atoms with Gasteiger partial charge in [-0.3, -0.25) is 9.80 Å². The Labute approximate surface area is 108 Å². The van der Waals surface area contributed by atoms with Crippen molar-refractivity contribution in [3.63, 3.8) is 0 Å². The van der Waals surface area contributed by atoms with E-state index in [1.54, 1.807) is 0 Å². The highest BCUT2D eigenvalue weighted by molar-refractivity contribution is 6.64. The Kier molecular flexibility index (Phi) is 5.26. The maximum absolute atomic E-state index is 4.08. The second kappa shape index (κ2) is 6.71. The molecule has 2 rings (SSSR count). The van der Waals surface area contributed by atoms with Crippen molar-refractivity contribution in [3.8, 4) is 0 Å². The van der Waals surface area contributed by atoms with Gasteiger partial charge in [0.1, 0.15) is 0 Å². The summed E-state index contributed by atoms with van der Waals surface area (Å²) in [6, 6.07) is 0. The van der Waals surface area contributed by atoms with E-state index in [9.17, 15) is 0 Å². The zero-order chi connectivity index (χ0) is 12.1. The fourth-order valence-corrected chi connectivity index (χ4v) is 5.55. The molecule has 0 aromatic rings. The first-order valence-electron chi connectivity index (χ1n) is 7.43. The number of hydrogen-bond acceptors (Lipinski definition) is 2. The summed E-state index contributed by atoms with van der Waals surface area (Å²) in [6.07, 6.45) is 8.50. The molecule has 1 unspecified atom stereocenters. The third kappa shape index (κ3) is 3.43. The molecule has 2 heterocycles. The zero-order valence-corrected chi connectivity index (χ0v) is 12.6. The van der Waals surface area contributed by atoms with E-state index in [2.05, 4.69) is 28.6 Å². The average Bonchev–Trinajstić information content (AvgIpc) is 2.41. The van der Waals surface area contributed by atoms with E-state index in [0.29, 0.717) is 0 Å². The molecule has 17 heavy (non-hydrogen) atoms. The van der Waals surface area contributed by atoms with Gasteiger partial charge in [-0.25, -0.2) is 0 Å². The molecule has 2 aliphatic rings. The summed E-state index contributed by atoms with van der Waals surface area (Å²) in [5.74, 6) is 0.758. The number of piperidine rings is 2. The highest BCUT2D eigenvalue weighted by Crippen LogP contribution is 2.21. The molecular weight excluding hydrogens is 224 g/mol. The minimum absolute atomic E-state index is 0.758. The number of likely N-dealkylation sites (tertiary alicyclic amines) is 2. The second-order valence-corrected chi connectivity index (χ2v) is 8.49. The number of rotatable bonds is 4. The van der Waals surface area contributed by atoms with Crippen molar-refractivity contribution in [1.82, 2.24) is 9.80 Å². The van der Waals surface area contributed by atoms with Crippen LogP contribution in [0.1, 0.15) is 38.5 Å². The molecule has 2 aliphatic heterocycles. The minimum Gasteiger partial charge on any atom is -0.291 e. The van der Waals surface area contributed by atoms with Crippen LogP contribution in [0.15, 0.2) is 12.3 Å². The van der Waals surface area contributed by atoms with Crippen LogP contribution >= 0.6 is 0 Å². The molecular formula is C14H28N2Si. The summed E-state index contributed by atoms with van der Waals surface area (Å²) in [5.41, 5.74) is 2.29. The third-order valence-corrected chi connectivity index (χ3v) is 6.90. The normalized spacial score (nSPS) is 26.0. The lowest BCUT2D eigenvalue weighted by Crippen LogP contribution is -2.58. The van der Waals surface area contributed by atoms with Gasteiger partial charge in [0.05, 0.1) is 14.6 Å². The molecule has 0 bridgehead atoms. The predicted octanol–water partition coefficient (Wildman–Crippen LogP) is 2.41. The Balaban J connectivity index is 2.02. The smallest absolute Gasteiger partial charge is 0.0948 e. The van der Waals surface area contributed by atoms with Crippen molar-refractivity contribution in [2.24, 2.45) is 0 Å². The van der Waals surface area contributed by atoms with Crippen molar-refractivity contribution in [2.75, 3.05) is 26.2 Å². The molecule has 2 fully saturated rings. The lowest BCUT2D eigenvalue weighted by molar-refractivity contribution is 0.0647. The zero-order valence-electron chi connectivity index (χ0n) is 11.4. The molecule has 0 saturated carbocycles. The van der Waals surface area contributed by atoms with E-state index in [1.807, 2.05) is 0 Å². The Bertz CT molecular complexity index is 214. The van der Waals surface area contributed by atoms with Crippen LogP contribution in [-0.2, 0) is 0 Å². The largest absolute Gasteiger partial charge is 0.291 e. The van der Waals surface area contributed by atoms with Gasteiger partial charge in [0, 0.05) is 0 Å². The van der Waals surface area contributed by atoms with E-state index in [1.165, 1.54) is 64.7 Å². The van der Waals surface area contributed by atoms with Crippen LogP contribution in [0, 0.1) is 0 Å². The van der Waals surface area contributed by atoms with Gasteiger partial charge in [-0.2, -0.15) is 0 Å². The molecule has 2 nitrogen and oxygen atoms in total. The molecule has 2 saturated heterocycles. The molecule has 1 atom stereocenters. The standard InChI is InChI=1S/C14H28N2Si/c1-3-17(2)14(15-10-6-4-7-11-15)16-12-8-5-9-13-16/h3,14,17H,1,4-13H2,2H3.